The highest BCUT2D eigenvalue weighted by molar-refractivity contribution is 5.89. The average molecular weight is 366 g/mol. The van der Waals surface area contributed by atoms with Crippen LogP contribution in [0.15, 0.2) is 67.4 Å². The number of hydrogen-bond acceptors (Lipinski definition) is 4. The van der Waals surface area contributed by atoms with Crippen molar-refractivity contribution in [3.63, 3.8) is 0 Å². The van der Waals surface area contributed by atoms with Gasteiger partial charge in [0.25, 0.3) is 6.08 Å². The van der Waals surface area contributed by atoms with Gasteiger partial charge in [-0.1, -0.05) is 12.1 Å². The number of aromatic amines is 1. The summed E-state index contributed by atoms with van der Waals surface area (Å²) in [4.78, 5) is 11.6. The summed E-state index contributed by atoms with van der Waals surface area (Å²) >= 11 is 0. The van der Waals surface area contributed by atoms with Crippen molar-refractivity contribution in [3.05, 3.63) is 73.0 Å². The fraction of sp³-hybridized carbons (Fsp3) is 0.105. The van der Waals surface area contributed by atoms with Crippen LogP contribution in [0.1, 0.15) is 18.0 Å². The van der Waals surface area contributed by atoms with Gasteiger partial charge in [-0.3, -0.25) is 4.68 Å². The smallest absolute Gasteiger partial charge is 0.266 e. The first-order valence-corrected chi connectivity index (χ1v) is 8.31. The molecule has 4 rings (SSSR count). The van der Waals surface area contributed by atoms with Gasteiger partial charge in [-0.15, -0.1) is 0 Å². The lowest BCUT2D eigenvalue weighted by Gasteiger charge is -2.16. The van der Waals surface area contributed by atoms with Crippen LogP contribution in [0, 0.1) is 0 Å². The molecule has 0 saturated heterocycles. The highest BCUT2D eigenvalue weighted by Gasteiger charge is 2.17. The predicted octanol–water partition coefficient (Wildman–Crippen LogP) is 4.16. The average Bonchev–Trinajstić information content (AvgIpc) is 3.31. The van der Waals surface area contributed by atoms with Gasteiger partial charge in [-0.25, -0.2) is 9.97 Å². The number of anilines is 1. The maximum absolute atomic E-state index is 12.7. The highest BCUT2D eigenvalue weighted by Crippen LogP contribution is 2.29. The third kappa shape index (κ3) is 3.41. The summed E-state index contributed by atoms with van der Waals surface area (Å²) in [6.45, 7) is 0. The Kier molecular flexibility index (Phi) is 4.37. The fourth-order valence-corrected chi connectivity index (χ4v) is 3.10. The first-order chi connectivity index (χ1) is 13.1. The number of hydrogen-bond donors (Lipinski definition) is 2. The molecule has 0 fully saturated rings. The Bertz CT molecular complexity index is 1110. The van der Waals surface area contributed by atoms with Crippen LogP contribution in [-0.4, -0.2) is 24.7 Å². The van der Waals surface area contributed by atoms with Crippen LogP contribution in [0.3, 0.4) is 0 Å². The van der Waals surface area contributed by atoms with Crippen molar-refractivity contribution in [2.45, 2.75) is 12.5 Å². The molecule has 1 aromatic carbocycles. The molecular formula is C19H16F2N6. The maximum atomic E-state index is 12.7. The summed E-state index contributed by atoms with van der Waals surface area (Å²) < 4.78 is 27.1. The zero-order valence-electron chi connectivity index (χ0n) is 14.2. The van der Waals surface area contributed by atoms with Crippen molar-refractivity contribution in [3.8, 4) is 11.3 Å². The monoisotopic (exact) mass is 366 g/mol. The molecule has 0 aliphatic heterocycles. The fourth-order valence-electron chi connectivity index (χ4n) is 3.10. The van der Waals surface area contributed by atoms with Crippen molar-refractivity contribution in [1.82, 2.24) is 24.7 Å². The molecular weight excluding hydrogens is 350 g/mol. The number of aromatic nitrogens is 5. The topological polar surface area (TPSA) is 85.4 Å². The maximum Gasteiger partial charge on any atom is 0.266 e. The molecule has 136 valence electrons. The number of nitrogens with two attached hydrogens (primary N) is 1. The molecule has 8 heteroatoms. The van der Waals surface area contributed by atoms with E-state index in [0.29, 0.717) is 5.69 Å². The number of fused-ring (bicyclic) bond motifs is 1. The first-order valence-electron chi connectivity index (χ1n) is 8.31. The summed E-state index contributed by atoms with van der Waals surface area (Å²) in [5.74, 6) is 0. The van der Waals surface area contributed by atoms with Crippen molar-refractivity contribution >= 4 is 16.7 Å². The van der Waals surface area contributed by atoms with Crippen LogP contribution in [0.2, 0.25) is 0 Å². The SMILES string of the molecule is Nc1cccc(C(CC=C(F)F)n2cc(-c3ncnc4[nH]ccc34)cn2)c1. The Morgan fingerprint density at radius 2 is 2.15 bits per heavy atom. The molecule has 6 nitrogen and oxygen atoms in total. The van der Waals surface area contributed by atoms with E-state index in [4.69, 9.17) is 5.73 Å². The molecule has 0 aliphatic rings. The quantitative estimate of drug-likeness (QED) is 0.519. The number of rotatable bonds is 5. The van der Waals surface area contributed by atoms with E-state index in [1.807, 2.05) is 12.1 Å². The molecule has 27 heavy (non-hydrogen) atoms. The number of allylic oxidation sites excluding steroid dienone is 1. The second kappa shape index (κ2) is 6.99. The van der Waals surface area contributed by atoms with Gasteiger partial charge in [0.2, 0.25) is 0 Å². The number of benzene rings is 1. The molecule has 0 aliphatic carbocycles. The number of nitrogens with zero attached hydrogens (tertiary/aromatic N) is 4. The molecule has 0 bridgehead atoms. The summed E-state index contributed by atoms with van der Waals surface area (Å²) in [5.41, 5.74) is 9.47. The molecule has 1 atom stereocenters. The summed E-state index contributed by atoms with van der Waals surface area (Å²) in [6.07, 6.45) is 6.00. The molecule has 0 spiro atoms. The highest BCUT2D eigenvalue weighted by atomic mass is 19.3. The zero-order valence-corrected chi connectivity index (χ0v) is 14.2. The largest absolute Gasteiger partial charge is 0.399 e. The minimum absolute atomic E-state index is 0.0935. The molecule has 1 unspecified atom stereocenters. The second-order valence-electron chi connectivity index (χ2n) is 6.09. The van der Waals surface area contributed by atoms with Crippen molar-refractivity contribution in [2.24, 2.45) is 0 Å². The standard InChI is InChI=1S/C19H16F2N6/c20-17(21)5-4-16(12-2-1-3-14(22)8-12)27-10-13(9-26-27)18-15-6-7-23-19(15)25-11-24-18/h1-3,5-11,16H,4,22H2,(H,23,24,25). The lowest BCUT2D eigenvalue weighted by molar-refractivity contribution is 0.411. The number of H-pyrrole nitrogens is 1. The minimum atomic E-state index is -1.72. The van der Waals surface area contributed by atoms with Gasteiger partial charge in [0.1, 0.15) is 12.0 Å². The van der Waals surface area contributed by atoms with E-state index >= 15 is 0 Å². The van der Waals surface area contributed by atoms with Gasteiger partial charge in [0, 0.05) is 29.0 Å². The van der Waals surface area contributed by atoms with Crippen molar-refractivity contribution in [1.29, 1.82) is 0 Å². The van der Waals surface area contributed by atoms with Crippen LogP contribution < -0.4 is 5.73 Å². The van der Waals surface area contributed by atoms with Gasteiger partial charge < -0.3 is 10.7 Å². The van der Waals surface area contributed by atoms with E-state index in [1.54, 1.807) is 41.5 Å². The molecule has 0 radical (unpaired) electrons. The lowest BCUT2D eigenvalue weighted by atomic mass is 10.0. The Morgan fingerprint density at radius 1 is 1.26 bits per heavy atom. The van der Waals surface area contributed by atoms with Crippen molar-refractivity contribution in [2.75, 3.05) is 5.73 Å². The van der Waals surface area contributed by atoms with Gasteiger partial charge in [-0.2, -0.15) is 13.9 Å². The van der Waals surface area contributed by atoms with Crippen LogP contribution >= 0.6 is 0 Å². The second-order valence-corrected chi connectivity index (χ2v) is 6.09. The van der Waals surface area contributed by atoms with Crippen LogP contribution in [0.25, 0.3) is 22.3 Å². The van der Waals surface area contributed by atoms with E-state index in [9.17, 15) is 8.78 Å². The Hall–Kier alpha value is -3.55. The summed E-state index contributed by atoms with van der Waals surface area (Å²) in [7, 11) is 0. The summed E-state index contributed by atoms with van der Waals surface area (Å²) in [5, 5.41) is 5.27. The van der Waals surface area contributed by atoms with E-state index in [0.717, 1.165) is 33.9 Å². The van der Waals surface area contributed by atoms with Crippen LogP contribution in [0.5, 0.6) is 0 Å². The van der Waals surface area contributed by atoms with Gasteiger partial charge in [0.05, 0.1) is 17.9 Å². The van der Waals surface area contributed by atoms with Gasteiger partial charge >= 0.3 is 0 Å². The minimum Gasteiger partial charge on any atom is -0.399 e. The molecule has 3 N–H and O–H groups in total. The van der Waals surface area contributed by atoms with Crippen LogP contribution in [-0.2, 0) is 0 Å². The summed E-state index contributed by atoms with van der Waals surface area (Å²) in [6, 6.07) is 8.65. The Labute approximate surface area is 153 Å². The number of nitrogens with one attached hydrogen (secondary N) is 1. The normalized spacial score (nSPS) is 12.2. The first kappa shape index (κ1) is 16.9. The molecule has 3 aromatic heterocycles. The van der Waals surface area contributed by atoms with Crippen LogP contribution in [0.4, 0.5) is 14.5 Å². The predicted molar refractivity (Wildman–Crippen MR) is 99.0 cm³/mol. The lowest BCUT2D eigenvalue weighted by Crippen LogP contribution is -2.11. The third-order valence-corrected chi connectivity index (χ3v) is 4.34. The third-order valence-electron chi connectivity index (χ3n) is 4.34. The molecule has 4 aromatic rings. The van der Waals surface area contributed by atoms with Gasteiger partial charge in [0.15, 0.2) is 0 Å². The number of nitrogen functional groups attached to an aromatic ring is 1. The Balaban J connectivity index is 1.75. The zero-order chi connectivity index (χ0) is 18.8. The van der Waals surface area contributed by atoms with E-state index < -0.39 is 12.1 Å². The van der Waals surface area contributed by atoms with E-state index in [2.05, 4.69) is 20.1 Å². The van der Waals surface area contributed by atoms with E-state index in [1.165, 1.54) is 6.33 Å². The Morgan fingerprint density at radius 3 is 2.96 bits per heavy atom. The molecule has 3 heterocycles. The van der Waals surface area contributed by atoms with Crippen molar-refractivity contribution < 1.29 is 8.78 Å². The molecule has 0 saturated carbocycles. The van der Waals surface area contributed by atoms with Gasteiger partial charge in [-0.05, 0) is 36.3 Å². The number of halogens is 2. The van der Waals surface area contributed by atoms with E-state index in [-0.39, 0.29) is 6.42 Å². The molecule has 0 amide bonds.